The lowest BCUT2D eigenvalue weighted by Crippen LogP contribution is -2.30. The third-order valence-corrected chi connectivity index (χ3v) is 4.60. The van der Waals surface area contributed by atoms with Crippen molar-refractivity contribution in [1.29, 1.82) is 0 Å². The van der Waals surface area contributed by atoms with E-state index < -0.39 is 24.6 Å². The predicted octanol–water partition coefficient (Wildman–Crippen LogP) is -0.559. The van der Waals surface area contributed by atoms with E-state index in [9.17, 15) is 9.18 Å². The monoisotopic (exact) mass is 280 g/mol. The Morgan fingerprint density at radius 1 is 1.58 bits per heavy atom. The molecule has 2 unspecified atom stereocenters. The summed E-state index contributed by atoms with van der Waals surface area (Å²) in [6, 6.07) is 4.69. The van der Waals surface area contributed by atoms with Crippen LogP contribution in [0.3, 0.4) is 0 Å². The second-order valence-corrected chi connectivity index (χ2v) is 5.66. The standard InChI is InChI=1S/C11H10BFN2O3S/c13-8-4-11(8,9(14)16)10-15-6-2-1-5(12(17)18)3-7(6)19-10/h1-3,8,17-18H,4H2,(H2,14,16). The molecule has 0 bridgehead atoms. The maximum absolute atomic E-state index is 13.5. The van der Waals surface area contributed by atoms with Gasteiger partial charge >= 0.3 is 7.12 Å². The number of halogens is 1. The summed E-state index contributed by atoms with van der Waals surface area (Å²) in [5.41, 5.74) is 4.88. The molecule has 0 radical (unpaired) electrons. The molecule has 8 heteroatoms. The summed E-state index contributed by atoms with van der Waals surface area (Å²) in [7, 11) is -1.57. The zero-order chi connectivity index (χ0) is 13.8. The molecule has 1 amide bonds. The Balaban J connectivity index is 2.10. The maximum Gasteiger partial charge on any atom is 0.488 e. The highest BCUT2D eigenvalue weighted by Gasteiger charge is 2.63. The SMILES string of the molecule is NC(=O)C1(c2nc3ccc(B(O)O)cc3s2)CC1F. The number of hydrogen-bond acceptors (Lipinski definition) is 5. The Morgan fingerprint density at radius 2 is 2.26 bits per heavy atom. The van der Waals surface area contributed by atoms with Crippen molar-refractivity contribution < 1.29 is 19.2 Å². The minimum absolute atomic E-state index is 0.0671. The average molecular weight is 280 g/mol. The molecule has 0 spiro atoms. The van der Waals surface area contributed by atoms with E-state index in [0.717, 1.165) is 11.3 Å². The van der Waals surface area contributed by atoms with Crippen molar-refractivity contribution in [3.63, 3.8) is 0 Å². The number of nitrogens with two attached hydrogens (primary N) is 1. The Morgan fingerprint density at radius 3 is 2.79 bits per heavy atom. The predicted molar refractivity (Wildman–Crippen MR) is 69.8 cm³/mol. The molecule has 3 rings (SSSR count). The highest BCUT2D eigenvalue weighted by molar-refractivity contribution is 7.19. The number of thiazole rings is 1. The summed E-state index contributed by atoms with van der Waals surface area (Å²) in [6.45, 7) is 0. The van der Waals surface area contributed by atoms with Gasteiger partial charge in [0.05, 0.1) is 10.2 Å². The third kappa shape index (κ3) is 1.75. The molecule has 1 aliphatic carbocycles. The van der Waals surface area contributed by atoms with E-state index >= 15 is 0 Å². The molecule has 19 heavy (non-hydrogen) atoms. The fourth-order valence-electron chi connectivity index (χ4n) is 2.10. The molecule has 98 valence electrons. The van der Waals surface area contributed by atoms with Crippen LogP contribution in [0.4, 0.5) is 4.39 Å². The van der Waals surface area contributed by atoms with E-state index in [-0.39, 0.29) is 6.42 Å². The van der Waals surface area contributed by atoms with E-state index in [1.54, 1.807) is 12.1 Å². The zero-order valence-electron chi connectivity index (χ0n) is 9.71. The molecule has 4 N–H and O–H groups in total. The number of aromatic nitrogens is 1. The summed E-state index contributed by atoms with van der Waals surface area (Å²) in [6.07, 6.45) is -1.22. The maximum atomic E-state index is 13.5. The lowest BCUT2D eigenvalue weighted by atomic mass is 9.80. The minimum atomic E-state index is -1.57. The van der Waals surface area contributed by atoms with Crippen molar-refractivity contribution in [2.24, 2.45) is 5.73 Å². The molecule has 1 aliphatic rings. The van der Waals surface area contributed by atoms with E-state index in [4.69, 9.17) is 15.8 Å². The van der Waals surface area contributed by atoms with Gasteiger partial charge in [-0.05, 0) is 17.6 Å². The Labute approximate surface area is 112 Å². The first-order valence-corrected chi connectivity index (χ1v) is 6.48. The Kier molecular flexibility index (Phi) is 2.63. The van der Waals surface area contributed by atoms with Crippen LogP contribution in [0.5, 0.6) is 0 Å². The summed E-state index contributed by atoms with van der Waals surface area (Å²) >= 11 is 1.16. The van der Waals surface area contributed by atoms with Crippen molar-refractivity contribution in [2.45, 2.75) is 18.0 Å². The van der Waals surface area contributed by atoms with Gasteiger partial charge in [-0.15, -0.1) is 11.3 Å². The summed E-state index contributed by atoms with van der Waals surface area (Å²) in [4.78, 5) is 15.6. The van der Waals surface area contributed by atoms with Crippen LogP contribution in [0.15, 0.2) is 18.2 Å². The minimum Gasteiger partial charge on any atom is -0.423 e. The van der Waals surface area contributed by atoms with Gasteiger partial charge in [0.2, 0.25) is 5.91 Å². The topological polar surface area (TPSA) is 96.4 Å². The second kappa shape index (κ2) is 3.99. The highest BCUT2D eigenvalue weighted by Crippen LogP contribution is 2.52. The van der Waals surface area contributed by atoms with E-state index in [1.165, 1.54) is 6.07 Å². The first-order chi connectivity index (χ1) is 8.95. The van der Waals surface area contributed by atoms with Crippen LogP contribution >= 0.6 is 11.3 Å². The summed E-state index contributed by atoms with van der Waals surface area (Å²) < 4.78 is 14.2. The number of amides is 1. The second-order valence-electron chi connectivity index (χ2n) is 4.63. The molecule has 1 fully saturated rings. The molecule has 1 heterocycles. The highest BCUT2D eigenvalue weighted by atomic mass is 32.1. The van der Waals surface area contributed by atoms with Gasteiger partial charge < -0.3 is 15.8 Å². The van der Waals surface area contributed by atoms with Crippen molar-refractivity contribution in [2.75, 3.05) is 0 Å². The number of primary amides is 1. The van der Waals surface area contributed by atoms with Gasteiger partial charge in [0.1, 0.15) is 16.6 Å². The van der Waals surface area contributed by atoms with Crippen molar-refractivity contribution in [1.82, 2.24) is 4.98 Å². The number of hydrogen-bond donors (Lipinski definition) is 3. The van der Waals surface area contributed by atoms with Gasteiger partial charge in [-0.1, -0.05) is 6.07 Å². The number of carbonyl (C=O) groups is 1. The number of fused-ring (bicyclic) bond motifs is 1. The van der Waals surface area contributed by atoms with Crippen LogP contribution in [0.25, 0.3) is 10.2 Å². The fourth-order valence-corrected chi connectivity index (χ4v) is 3.36. The van der Waals surface area contributed by atoms with E-state index in [0.29, 0.717) is 20.7 Å². The molecular weight excluding hydrogens is 270 g/mol. The molecule has 0 saturated heterocycles. The molecule has 5 nitrogen and oxygen atoms in total. The van der Waals surface area contributed by atoms with Crippen LogP contribution in [0.2, 0.25) is 0 Å². The van der Waals surface area contributed by atoms with Gasteiger partial charge in [0.25, 0.3) is 0 Å². The van der Waals surface area contributed by atoms with Gasteiger partial charge in [-0.2, -0.15) is 0 Å². The van der Waals surface area contributed by atoms with E-state index in [1.807, 2.05) is 0 Å². The number of rotatable bonds is 3. The average Bonchev–Trinajstić information content (AvgIpc) is 2.85. The largest absolute Gasteiger partial charge is 0.488 e. The van der Waals surface area contributed by atoms with Crippen LogP contribution < -0.4 is 11.2 Å². The van der Waals surface area contributed by atoms with Crippen LogP contribution in [-0.4, -0.2) is 34.2 Å². The molecule has 1 saturated carbocycles. The Bertz CT molecular complexity index is 677. The number of carbonyl (C=O) groups excluding carboxylic acids is 1. The summed E-state index contributed by atoms with van der Waals surface area (Å²) in [5.74, 6) is -0.707. The normalized spacial score (nSPS) is 25.5. The van der Waals surface area contributed by atoms with E-state index in [2.05, 4.69) is 4.98 Å². The van der Waals surface area contributed by atoms with Crippen LogP contribution in [0.1, 0.15) is 11.4 Å². The molecular formula is C11H10BFN2O3S. The lowest BCUT2D eigenvalue weighted by molar-refractivity contribution is -0.120. The van der Waals surface area contributed by atoms with Gasteiger partial charge in [-0.25, -0.2) is 9.37 Å². The molecule has 1 aromatic heterocycles. The van der Waals surface area contributed by atoms with Crippen molar-refractivity contribution in [3.05, 3.63) is 23.2 Å². The number of nitrogens with zero attached hydrogens (tertiary/aromatic N) is 1. The molecule has 1 aromatic carbocycles. The number of benzene rings is 1. The van der Waals surface area contributed by atoms with Crippen molar-refractivity contribution >= 4 is 40.0 Å². The summed E-state index contributed by atoms with van der Waals surface area (Å²) in [5, 5.41) is 18.6. The zero-order valence-corrected chi connectivity index (χ0v) is 10.5. The number of alkyl halides is 1. The first kappa shape index (κ1) is 12.5. The van der Waals surface area contributed by atoms with Crippen molar-refractivity contribution in [3.8, 4) is 0 Å². The van der Waals surface area contributed by atoms with Gasteiger partial charge in [-0.3, -0.25) is 4.79 Å². The molecule has 2 aromatic rings. The van der Waals surface area contributed by atoms with Gasteiger partial charge in [0.15, 0.2) is 0 Å². The van der Waals surface area contributed by atoms with Gasteiger partial charge in [0, 0.05) is 6.42 Å². The quantitative estimate of drug-likeness (QED) is 0.657. The van der Waals surface area contributed by atoms with Crippen LogP contribution in [0, 0.1) is 0 Å². The Hall–Kier alpha value is -1.51. The lowest BCUT2D eigenvalue weighted by Gasteiger charge is -2.05. The van der Waals surface area contributed by atoms with Crippen LogP contribution in [-0.2, 0) is 10.2 Å². The fraction of sp³-hybridized carbons (Fsp3) is 0.273. The first-order valence-electron chi connectivity index (χ1n) is 5.66. The molecule has 2 atom stereocenters. The third-order valence-electron chi connectivity index (χ3n) is 3.41. The molecule has 0 aliphatic heterocycles. The smallest absolute Gasteiger partial charge is 0.423 e.